The second-order valence-electron chi connectivity index (χ2n) is 11.4. The van der Waals surface area contributed by atoms with E-state index in [1.54, 1.807) is 0 Å². The van der Waals surface area contributed by atoms with Gasteiger partial charge in [0, 0.05) is 12.1 Å². The van der Waals surface area contributed by atoms with Gasteiger partial charge in [0.05, 0.1) is 6.04 Å². The first kappa shape index (κ1) is 31.3. The molecule has 0 saturated carbocycles. The van der Waals surface area contributed by atoms with Crippen LogP contribution in [0.5, 0.6) is 0 Å². The summed E-state index contributed by atoms with van der Waals surface area (Å²) >= 11 is 0. The molecule has 37 heavy (non-hydrogen) atoms. The van der Waals surface area contributed by atoms with Crippen LogP contribution >= 0.6 is 0 Å². The van der Waals surface area contributed by atoms with Gasteiger partial charge >= 0.3 is 0 Å². The average Bonchev–Trinajstić information content (AvgIpc) is 2.90. The van der Waals surface area contributed by atoms with Crippen molar-refractivity contribution >= 4 is 0 Å². The van der Waals surface area contributed by atoms with Crippen LogP contribution in [0.2, 0.25) is 0 Å². The Morgan fingerprint density at radius 1 is 0.811 bits per heavy atom. The van der Waals surface area contributed by atoms with E-state index in [2.05, 4.69) is 100 Å². The molecular formula is C34H53NO2. The minimum absolute atomic E-state index is 0.00663. The third-order valence-electron chi connectivity index (χ3n) is 7.36. The Labute approximate surface area is 227 Å². The number of aliphatic hydroxyl groups excluding tert-OH is 1. The van der Waals surface area contributed by atoms with Crippen LogP contribution in [-0.4, -0.2) is 22.3 Å². The van der Waals surface area contributed by atoms with Crippen LogP contribution in [0.15, 0.2) is 73.3 Å². The number of rotatable bonds is 20. The van der Waals surface area contributed by atoms with Crippen LogP contribution in [0.1, 0.15) is 122 Å². The van der Waals surface area contributed by atoms with Gasteiger partial charge in [0.25, 0.3) is 0 Å². The molecule has 2 aromatic carbocycles. The maximum atomic E-state index is 9.62. The number of unbranched alkanes of at least 4 members (excludes halogenated alkanes) is 7. The monoisotopic (exact) mass is 507 g/mol. The maximum absolute atomic E-state index is 9.62. The van der Waals surface area contributed by atoms with Crippen molar-refractivity contribution in [3.63, 3.8) is 0 Å². The molecule has 0 heterocycles. The average molecular weight is 508 g/mol. The van der Waals surface area contributed by atoms with Gasteiger partial charge in [-0.2, -0.15) is 5.06 Å². The van der Waals surface area contributed by atoms with Gasteiger partial charge in [0.15, 0.2) is 0 Å². The number of hydroxylamine groups is 2. The second-order valence-corrected chi connectivity index (χ2v) is 11.4. The number of aliphatic hydroxyl groups is 1. The van der Waals surface area contributed by atoms with Crippen LogP contribution in [0.4, 0.5) is 0 Å². The predicted molar refractivity (Wildman–Crippen MR) is 158 cm³/mol. The van der Waals surface area contributed by atoms with Crippen molar-refractivity contribution in [1.29, 1.82) is 0 Å². The SMILES string of the molecule is C=CCCCCCCCCCC(ON(C(c1ccccc1)C(C)C)C(C)(C)CCCO)c1ccccc1. The van der Waals surface area contributed by atoms with Crippen molar-refractivity contribution in [1.82, 2.24) is 5.06 Å². The summed E-state index contributed by atoms with van der Waals surface area (Å²) < 4.78 is 0. The third-order valence-corrected chi connectivity index (χ3v) is 7.36. The Morgan fingerprint density at radius 2 is 1.35 bits per heavy atom. The van der Waals surface area contributed by atoms with Crippen molar-refractivity contribution in [2.45, 2.75) is 116 Å². The van der Waals surface area contributed by atoms with Crippen molar-refractivity contribution < 1.29 is 9.94 Å². The molecule has 0 amide bonds. The smallest absolute Gasteiger partial charge is 0.104 e. The summed E-state index contributed by atoms with van der Waals surface area (Å²) in [7, 11) is 0. The zero-order chi connectivity index (χ0) is 26.9. The maximum Gasteiger partial charge on any atom is 0.104 e. The highest BCUT2D eigenvalue weighted by Crippen LogP contribution is 2.40. The Hall–Kier alpha value is -1.94. The predicted octanol–water partition coefficient (Wildman–Crippen LogP) is 9.61. The Bertz CT molecular complexity index is 833. The fraction of sp³-hybridized carbons (Fsp3) is 0.588. The van der Waals surface area contributed by atoms with E-state index in [9.17, 15) is 5.11 Å². The first-order chi connectivity index (χ1) is 17.9. The molecule has 0 spiro atoms. The first-order valence-electron chi connectivity index (χ1n) is 14.7. The van der Waals surface area contributed by atoms with E-state index < -0.39 is 0 Å². The number of hydrogen-bond acceptors (Lipinski definition) is 3. The minimum atomic E-state index is -0.230. The molecule has 0 aliphatic carbocycles. The molecule has 0 bridgehead atoms. The third kappa shape index (κ3) is 11.1. The van der Waals surface area contributed by atoms with Crippen LogP contribution < -0.4 is 0 Å². The molecule has 206 valence electrons. The summed E-state index contributed by atoms with van der Waals surface area (Å²) in [4.78, 5) is 7.09. The number of hydrogen-bond donors (Lipinski definition) is 1. The van der Waals surface area contributed by atoms with E-state index in [0.29, 0.717) is 5.92 Å². The number of benzene rings is 2. The lowest BCUT2D eigenvalue weighted by Gasteiger charge is -2.46. The summed E-state index contributed by atoms with van der Waals surface area (Å²) in [5.41, 5.74) is 2.29. The topological polar surface area (TPSA) is 32.7 Å². The van der Waals surface area contributed by atoms with Gasteiger partial charge in [-0.15, -0.1) is 6.58 Å². The zero-order valence-electron chi connectivity index (χ0n) is 24.1. The Kier molecular flexibility index (Phi) is 14.8. The first-order valence-corrected chi connectivity index (χ1v) is 14.7. The van der Waals surface area contributed by atoms with Crippen molar-refractivity contribution in [2.75, 3.05) is 6.61 Å². The van der Waals surface area contributed by atoms with Crippen molar-refractivity contribution in [2.24, 2.45) is 5.92 Å². The molecule has 2 unspecified atom stereocenters. The fourth-order valence-electron chi connectivity index (χ4n) is 5.24. The summed E-state index contributed by atoms with van der Waals surface area (Å²) in [5, 5.41) is 11.9. The summed E-state index contributed by atoms with van der Waals surface area (Å²) in [6.45, 7) is 13.1. The van der Waals surface area contributed by atoms with E-state index in [0.717, 1.165) is 32.1 Å². The van der Waals surface area contributed by atoms with Gasteiger partial charge in [0.1, 0.15) is 6.10 Å². The van der Waals surface area contributed by atoms with Gasteiger partial charge in [-0.25, -0.2) is 0 Å². The van der Waals surface area contributed by atoms with Gasteiger partial charge in [-0.3, -0.25) is 4.84 Å². The lowest BCUT2D eigenvalue weighted by atomic mass is 9.89. The number of nitrogens with zero attached hydrogens (tertiary/aromatic N) is 1. The van der Waals surface area contributed by atoms with Crippen molar-refractivity contribution in [3.8, 4) is 0 Å². The number of allylic oxidation sites excluding steroid dienone is 1. The summed E-state index contributed by atoms with van der Waals surface area (Å²) in [6.07, 6.45) is 14.7. The van der Waals surface area contributed by atoms with E-state index in [-0.39, 0.29) is 24.3 Å². The lowest BCUT2D eigenvalue weighted by Crippen LogP contribution is -2.48. The Morgan fingerprint density at radius 3 is 1.89 bits per heavy atom. The van der Waals surface area contributed by atoms with Gasteiger partial charge < -0.3 is 5.11 Å². The molecule has 0 aliphatic rings. The molecule has 3 heteroatoms. The van der Waals surface area contributed by atoms with Crippen LogP contribution in [0.25, 0.3) is 0 Å². The molecule has 0 aromatic heterocycles. The van der Waals surface area contributed by atoms with E-state index in [1.165, 1.54) is 49.7 Å². The lowest BCUT2D eigenvalue weighted by molar-refractivity contribution is -0.283. The molecule has 1 N–H and O–H groups in total. The van der Waals surface area contributed by atoms with E-state index in [4.69, 9.17) is 4.84 Å². The normalized spacial score (nSPS) is 13.7. The van der Waals surface area contributed by atoms with Crippen LogP contribution in [0, 0.1) is 5.92 Å². The molecule has 0 fully saturated rings. The highest BCUT2D eigenvalue weighted by molar-refractivity contribution is 5.21. The highest BCUT2D eigenvalue weighted by atomic mass is 16.7. The second kappa shape index (κ2) is 17.5. The van der Waals surface area contributed by atoms with Crippen molar-refractivity contribution in [3.05, 3.63) is 84.4 Å². The summed E-state index contributed by atoms with van der Waals surface area (Å²) in [6, 6.07) is 21.6. The summed E-state index contributed by atoms with van der Waals surface area (Å²) in [5.74, 6) is 0.369. The van der Waals surface area contributed by atoms with E-state index in [1.807, 2.05) is 6.08 Å². The molecule has 2 aromatic rings. The molecule has 0 radical (unpaired) electrons. The van der Waals surface area contributed by atoms with Gasteiger partial charge in [0.2, 0.25) is 0 Å². The molecular weight excluding hydrogens is 454 g/mol. The highest BCUT2D eigenvalue weighted by Gasteiger charge is 2.38. The Balaban J connectivity index is 2.19. The molecule has 2 atom stereocenters. The zero-order valence-corrected chi connectivity index (χ0v) is 24.1. The largest absolute Gasteiger partial charge is 0.396 e. The van der Waals surface area contributed by atoms with Gasteiger partial charge in [-0.05, 0) is 63.0 Å². The van der Waals surface area contributed by atoms with Gasteiger partial charge in [-0.1, -0.05) is 119 Å². The molecule has 0 saturated heterocycles. The van der Waals surface area contributed by atoms with Crippen LogP contribution in [0.3, 0.4) is 0 Å². The molecule has 2 rings (SSSR count). The molecule has 3 nitrogen and oxygen atoms in total. The standard InChI is InChI=1S/C34H53NO2/c1-6-7-8-9-10-11-12-13-20-26-32(30-22-16-14-17-23-30)37-35(34(4,5)27-21-28-36)33(29(2)3)31-24-18-15-19-25-31/h6,14-19,22-25,29,32-33,36H,1,7-13,20-21,26-28H2,2-5H3. The molecule has 0 aliphatic heterocycles. The van der Waals surface area contributed by atoms with E-state index >= 15 is 0 Å². The quantitative estimate of drug-likeness (QED) is 0.110. The van der Waals surface area contributed by atoms with Crippen LogP contribution in [-0.2, 0) is 4.84 Å². The fourth-order valence-corrected chi connectivity index (χ4v) is 5.24. The minimum Gasteiger partial charge on any atom is -0.396 e.